The zero-order chi connectivity index (χ0) is 27.9. The van der Waals surface area contributed by atoms with Crippen molar-refractivity contribution < 1.29 is 32.6 Å². The summed E-state index contributed by atoms with van der Waals surface area (Å²) in [5.41, 5.74) is 4.81. The van der Waals surface area contributed by atoms with E-state index in [0.29, 0.717) is 19.5 Å². The molecule has 3 amide bonds. The van der Waals surface area contributed by atoms with E-state index in [1.54, 1.807) is 0 Å². The van der Waals surface area contributed by atoms with Crippen molar-refractivity contribution in [1.29, 1.82) is 0 Å². The number of hydrogen-bond donors (Lipinski definition) is 3. The molecule has 0 saturated carbocycles. The minimum Gasteiger partial charge on any atom is -0.447 e. The molecule has 2 atom stereocenters. The van der Waals surface area contributed by atoms with Crippen LogP contribution in [0.25, 0.3) is 0 Å². The maximum absolute atomic E-state index is 14.0. The molecule has 0 unspecified atom stereocenters. The Kier molecular flexibility index (Phi) is 9.63. The Bertz CT molecular complexity index is 1140. The highest BCUT2D eigenvalue weighted by molar-refractivity contribution is 5.85. The van der Waals surface area contributed by atoms with Crippen LogP contribution in [0.4, 0.5) is 13.6 Å². The highest BCUT2D eigenvalue weighted by Gasteiger charge is 2.30. The number of ether oxygens (including phenoxy) is 2. The first-order valence-electron chi connectivity index (χ1n) is 12.0. The summed E-state index contributed by atoms with van der Waals surface area (Å²) in [6.45, 7) is 4.91. The van der Waals surface area contributed by atoms with Gasteiger partial charge in [-0.05, 0) is 36.8 Å². The zero-order valence-electron chi connectivity index (χ0n) is 21.4. The number of likely N-dealkylation sites (tertiary alicyclic amines) is 1. The largest absolute Gasteiger partial charge is 0.447 e. The summed E-state index contributed by atoms with van der Waals surface area (Å²) < 4.78 is 39.4. The van der Waals surface area contributed by atoms with Crippen molar-refractivity contribution in [2.45, 2.75) is 58.0 Å². The lowest BCUT2D eigenvalue weighted by molar-refractivity contribution is -0.126. The van der Waals surface area contributed by atoms with Gasteiger partial charge in [0.1, 0.15) is 24.3 Å². The molecule has 1 aromatic carbocycles. The third kappa shape index (κ3) is 8.14. The number of carbonyl (C=O) groups is 3. The number of amides is 3. The summed E-state index contributed by atoms with van der Waals surface area (Å²) in [7, 11) is 0. The monoisotopic (exact) mass is 538 g/mol. The molecule has 2 heterocycles. The standard InChI is InChI=1S/C23H32F2N8O5/c1-14(34)27-17-6-7-32(11-17)22(36)38-9-8-33-20(29-30-31-33)19(28-21(35)23(2,3)26)13-37-12-15-4-5-16(24)10-18(15)25/h4-5,10,17,19H,6-9,11-13,26H2,1-3H3,(H,27,34)(H,28,35)/t17-,19-/m1/s1. The van der Waals surface area contributed by atoms with Crippen LogP contribution >= 0.6 is 0 Å². The molecule has 4 N–H and O–H groups in total. The molecule has 1 aromatic heterocycles. The van der Waals surface area contributed by atoms with E-state index in [-0.39, 0.29) is 49.7 Å². The van der Waals surface area contributed by atoms with Gasteiger partial charge in [-0.3, -0.25) is 9.59 Å². The molecular weight excluding hydrogens is 506 g/mol. The second-order valence-corrected chi connectivity index (χ2v) is 9.51. The number of hydrogen-bond acceptors (Lipinski definition) is 9. The van der Waals surface area contributed by atoms with Gasteiger partial charge in [0.2, 0.25) is 11.8 Å². The van der Waals surface area contributed by atoms with Crippen molar-refractivity contribution >= 4 is 17.9 Å². The van der Waals surface area contributed by atoms with Crippen LogP contribution in [0.15, 0.2) is 18.2 Å². The van der Waals surface area contributed by atoms with Gasteiger partial charge in [0, 0.05) is 37.7 Å². The van der Waals surface area contributed by atoms with Crippen molar-refractivity contribution in [3.05, 3.63) is 41.2 Å². The molecule has 13 nitrogen and oxygen atoms in total. The van der Waals surface area contributed by atoms with Gasteiger partial charge in [-0.25, -0.2) is 18.3 Å². The maximum Gasteiger partial charge on any atom is 0.409 e. The third-order valence-electron chi connectivity index (χ3n) is 5.70. The fraction of sp³-hybridized carbons (Fsp3) is 0.565. The molecule has 208 valence electrons. The predicted octanol–water partition coefficient (Wildman–Crippen LogP) is 0.410. The highest BCUT2D eigenvalue weighted by Crippen LogP contribution is 2.16. The topological polar surface area (TPSA) is 167 Å². The second-order valence-electron chi connectivity index (χ2n) is 9.51. The van der Waals surface area contributed by atoms with Gasteiger partial charge in [0.25, 0.3) is 0 Å². The molecule has 1 fully saturated rings. The zero-order valence-corrected chi connectivity index (χ0v) is 21.4. The summed E-state index contributed by atoms with van der Waals surface area (Å²) in [4.78, 5) is 37.7. The smallest absolute Gasteiger partial charge is 0.409 e. The summed E-state index contributed by atoms with van der Waals surface area (Å²) in [6, 6.07) is 2.13. The first kappa shape index (κ1) is 28.8. The van der Waals surface area contributed by atoms with E-state index in [0.717, 1.165) is 12.1 Å². The quantitative estimate of drug-likeness (QED) is 0.367. The molecule has 0 spiro atoms. The summed E-state index contributed by atoms with van der Waals surface area (Å²) >= 11 is 0. The number of nitrogens with one attached hydrogen (secondary N) is 2. The van der Waals surface area contributed by atoms with Gasteiger partial charge in [-0.2, -0.15) is 0 Å². The highest BCUT2D eigenvalue weighted by atomic mass is 19.1. The molecule has 38 heavy (non-hydrogen) atoms. The van der Waals surface area contributed by atoms with Gasteiger partial charge in [-0.15, -0.1) is 5.10 Å². The number of tetrazole rings is 1. The molecule has 0 bridgehead atoms. The van der Waals surface area contributed by atoms with Crippen molar-refractivity contribution in [2.24, 2.45) is 5.73 Å². The average Bonchev–Trinajstić information content (AvgIpc) is 3.48. The van der Waals surface area contributed by atoms with Crippen LogP contribution in [0.5, 0.6) is 0 Å². The Labute approximate surface area is 218 Å². The SMILES string of the molecule is CC(=O)N[C@@H]1CCN(C(=O)OCCn2nnnc2[C@@H](COCc2ccc(F)cc2F)NC(=O)C(C)(C)N)C1. The fourth-order valence-electron chi connectivity index (χ4n) is 3.71. The molecule has 1 aliphatic heterocycles. The lowest BCUT2D eigenvalue weighted by Gasteiger charge is -2.24. The Balaban J connectivity index is 1.60. The molecular formula is C23H32F2N8O5. The van der Waals surface area contributed by atoms with Crippen LogP contribution in [-0.2, 0) is 32.2 Å². The minimum atomic E-state index is -1.22. The van der Waals surface area contributed by atoms with Crippen molar-refractivity contribution in [3.8, 4) is 0 Å². The van der Waals surface area contributed by atoms with Crippen LogP contribution in [-0.4, -0.2) is 80.9 Å². The minimum absolute atomic E-state index is 0.0666. The molecule has 1 saturated heterocycles. The average molecular weight is 539 g/mol. The van der Waals surface area contributed by atoms with Gasteiger partial charge in [-0.1, -0.05) is 6.07 Å². The lowest BCUT2D eigenvalue weighted by atomic mass is 10.1. The first-order chi connectivity index (χ1) is 17.9. The van der Waals surface area contributed by atoms with E-state index in [1.807, 2.05) is 0 Å². The second kappa shape index (κ2) is 12.7. The Morgan fingerprint density at radius 1 is 1.29 bits per heavy atom. The normalized spacial score (nSPS) is 16.3. The Morgan fingerprint density at radius 2 is 2.05 bits per heavy atom. The van der Waals surface area contributed by atoms with Gasteiger partial charge >= 0.3 is 6.09 Å². The summed E-state index contributed by atoms with van der Waals surface area (Å²) in [5, 5.41) is 17.0. The number of aromatic nitrogens is 4. The van der Waals surface area contributed by atoms with Crippen LogP contribution in [0.3, 0.4) is 0 Å². The number of rotatable bonds is 11. The summed E-state index contributed by atoms with van der Waals surface area (Å²) in [5.74, 6) is -1.95. The van der Waals surface area contributed by atoms with Crippen molar-refractivity contribution in [1.82, 2.24) is 35.7 Å². The van der Waals surface area contributed by atoms with E-state index >= 15 is 0 Å². The number of halogens is 2. The van der Waals surface area contributed by atoms with Crippen LogP contribution in [0, 0.1) is 11.6 Å². The van der Waals surface area contributed by atoms with Crippen LogP contribution in [0.1, 0.15) is 44.6 Å². The van der Waals surface area contributed by atoms with Gasteiger partial charge in [0.15, 0.2) is 5.82 Å². The number of benzene rings is 1. The van der Waals surface area contributed by atoms with E-state index in [9.17, 15) is 23.2 Å². The third-order valence-corrected chi connectivity index (χ3v) is 5.70. The van der Waals surface area contributed by atoms with E-state index < -0.39 is 35.2 Å². The van der Waals surface area contributed by atoms with Crippen LogP contribution < -0.4 is 16.4 Å². The number of nitrogens with zero attached hydrogens (tertiary/aromatic N) is 5. The predicted molar refractivity (Wildman–Crippen MR) is 128 cm³/mol. The maximum atomic E-state index is 14.0. The molecule has 0 radical (unpaired) electrons. The molecule has 2 aromatic rings. The number of nitrogens with two attached hydrogens (primary N) is 1. The molecule has 15 heteroatoms. The van der Waals surface area contributed by atoms with Crippen molar-refractivity contribution in [3.63, 3.8) is 0 Å². The van der Waals surface area contributed by atoms with Gasteiger partial charge in [0.05, 0.1) is 25.3 Å². The molecule has 0 aliphatic carbocycles. The Morgan fingerprint density at radius 3 is 2.74 bits per heavy atom. The molecule has 3 rings (SSSR count). The lowest BCUT2D eigenvalue weighted by Crippen LogP contribution is -2.51. The first-order valence-corrected chi connectivity index (χ1v) is 12.0. The molecule has 1 aliphatic rings. The Hall–Kier alpha value is -3.72. The number of carbonyl (C=O) groups excluding carboxylic acids is 3. The van der Waals surface area contributed by atoms with E-state index in [2.05, 4.69) is 26.2 Å². The summed E-state index contributed by atoms with van der Waals surface area (Å²) in [6.07, 6.45) is 0.0962. The van der Waals surface area contributed by atoms with E-state index in [4.69, 9.17) is 15.2 Å². The fourth-order valence-corrected chi connectivity index (χ4v) is 3.71. The van der Waals surface area contributed by atoms with Crippen molar-refractivity contribution in [2.75, 3.05) is 26.3 Å². The van der Waals surface area contributed by atoms with E-state index in [1.165, 1.54) is 36.4 Å². The van der Waals surface area contributed by atoms with Crippen LogP contribution in [0.2, 0.25) is 0 Å². The van der Waals surface area contributed by atoms with Gasteiger partial charge < -0.3 is 30.7 Å².